The number of carbonyl (C=O) groups is 1. The van der Waals surface area contributed by atoms with Gasteiger partial charge in [0, 0.05) is 6.54 Å². The largest absolute Gasteiger partial charge is 0.334 e. The first kappa shape index (κ1) is 17.6. The van der Waals surface area contributed by atoms with E-state index in [2.05, 4.69) is 10.6 Å². The predicted molar refractivity (Wildman–Crippen MR) is 91.2 cm³/mol. The van der Waals surface area contributed by atoms with Crippen LogP contribution in [0.2, 0.25) is 0 Å². The van der Waals surface area contributed by atoms with Crippen molar-refractivity contribution in [2.75, 3.05) is 0 Å². The maximum absolute atomic E-state index is 13.7. The first-order valence-electron chi connectivity index (χ1n) is 7.10. The molecule has 2 amide bonds. The van der Waals surface area contributed by atoms with Gasteiger partial charge in [-0.05, 0) is 29.7 Å². The van der Waals surface area contributed by atoms with Crippen molar-refractivity contribution in [1.29, 1.82) is 0 Å². The molecule has 23 heavy (non-hydrogen) atoms. The van der Waals surface area contributed by atoms with E-state index in [0.29, 0.717) is 17.7 Å². The van der Waals surface area contributed by atoms with Crippen molar-refractivity contribution >= 4 is 29.2 Å². The number of carbonyl (C=O) groups excluding carboxylic acids is 1. The normalized spacial score (nSPS) is 12.0. The Labute approximate surface area is 144 Å². The smallest absolute Gasteiger partial charge is 0.315 e. The summed E-state index contributed by atoms with van der Waals surface area (Å²) >= 11 is 11.9. The zero-order valence-corrected chi connectivity index (χ0v) is 14.0. The minimum Gasteiger partial charge on any atom is -0.334 e. The van der Waals surface area contributed by atoms with Crippen LogP contribution in [0.25, 0.3) is 0 Å². The number of alkyl halides is 2. The first-order chi connectivity index (χ1) is 11.0. The molecule has 0 aromatic heterocycles. The molecule has 0 aliphatic rings. The van der Waals surface area contributed by atoms with Gasteiger partial charge in [0.15, 0.2) is 0 Å². The maximum atomic E-state index is 13.7. The molecule has 2 rings (SSSR count). The third kappa shape index (κ3) is 5.12. The van der Waals surface area contributed by atoms with Gasteiger partial charge < -0.3 is 10.6 Å². The van der Waals surface area contributed by atoms with Crippen molar-refractivity contribution in [3.8, 4) is 0 Å². The summed E-state index contributed by atoms with van der Waals surface area (Å²) in [7, 11) is 0. The lowest BCUT2D eigenvalue weighted by molar-refractivity contribution is 0.237. The molecule has 0 aliphatic carbocycles. The van der Waals surface area contributed by atoms with E-state index in [9.17, 15) is 9.18 Å². The third-order valence-corrected chi connectivity index (χ3v) is 3.89. The first-order valence-corrected chi connectivity index (χ1v) is 7.97. The Hall–Kier alpha value is -1.78. The summed E-state index contributed by atoms with van der Waals surface area (Å²) in [5.74, 6) is -0.368. The molecule has 0 saturated heterocycles. The van der Waals surface area contributed by atoms with Crippen LogP contribution in [-0.2, 0) is 6.54 Å². The molecular formula is C17H17Cl2FN2O. The summed E-state index contributed by atoms with van der Waals surface area (Å²) in [5, 5.41) is 5.39. The highest BCUT2D eigenvalue weighted by Crippen LogP contribution is 2.25. The lowest BCUT2D eigenvalue weighted by Gasteiger charge is -2.21. The number of hydrogen-bond donors (Lipinski definition) is 2. The van der Waals surface area contributed by atoms with E-state index >= 15 is 0 Å². The van der Waals surface area contributed by atoms with E-state index in [1.807, 2.05) is 30.3 Å². The molecule has 2 N–H and O–H groups in total. The zero-order chi connectivity index (χ0) is 16.8. The number of nitrogens with one attached hydrogen (secondary N) is 2. The Kier molecular flexibility index (Phi) is 6.25. The average Bonchev–Trinajstić information content (AvgIpc) is 2.54. The Morgan fingerprint density at radius 2 is 1.87 bits per heavy atom. The standard InChI is InChI=1S/C17H17Cl2FN2O/c1-11-7-8-13(9-14(11)20)15(16(18)19)22-17(23)21-10-12-5-3-2-4-6-12/h2-9,15-16H,10H2,1H3,(H2,21,22,23)/t15-/m0/s1. The third-order valence-electron chi connectivity index (χ3n) is 3.39. The zero-order valence-electron chi connectivity index (χ0n) is 12.5. The van der Waals surface area contributed by atoms with Crippen LogP contribution in [0, 0.1) is 12.7 Å². The van der Waals surface area contributed by atoms with Crippen LogP contribution in [-0.4, -0.2) is 10.9 Å². The molecule has 0 radical (unpaired) electrons. The molecule has 6 heteroatoms. The Morgan fingerprint density at radius 1 is 1.17 bits per heavy atom. The SMILES string of the molecule is Cc1ccc([C@H](NC(=O)NCc2ccccc2)C(Cl)Cl)cc1F. The van der Waals surface area contributed by atoms with Crippen LogP contribution < -0.4 is 10.6 Å². The van der Waals surface area contributed by atoms with Crippen LogP contribution in [0.15, 0.2) is 48.5 Å². The Balaban J connectivity index is 2.01. The second kappa shape index (κ2) is 8.18. The fourth-order valence-corrected chi connectivity index (χ4v) is 2.48. The van der Waals surface area contributed by atoms with Gasteiger partial charge in [-0.15, -0.1) is 23.2 Å². The summed E-state index contributed by atoms with van der Waals surface area (Å²) in [6.07, 6.45) is 0. The summed E-state index contributed by atoms with van der Waals surface area (Å²) in [6, 6.07) is 13.0. The Morgan fingerprint density at radius 3 is 2.48 bits per heavy atom. The number of hydrogen-bond acceptors (Lipinski definition) is 1. The summed E-state index contributed by atoms with van der Waals surface area (Å²) in [6.45, 7) is 2.03. The monoisotopic (exact) mass is 354 g/mol. The fraction of sp³-hybridized carbons (Fsp3) is 0.235. The number of urea groups is 1. The van der Waals surface area contributed by atoms with Crippen molar-refractivity contribution in [3.63, 3.8) is 0 Å². The molecule has 3 nitrogen and oxygen atoms in total. The van der Waals surface area contributed by atoms with Gasteiger partial charge in [-0.1, -0.05) is 42.5 Å². The van der Waals surface area contributed by atoms with E-state index in [4.69, 9.17) is 23.2 Å². The number of amides is 2. The molecule has 2 aromatic rings. The van der Waals surface area contributed by atoms with E-state index in [-0.39, 0.29) is 5.82 Å². The maximum Gasteiger partial charge on any atom is 0.315 e. The lowest BCUT2D eigenvalue weighted by atomic mass is 10.1. The number of halogens is 3. The van der Waals surface area contributed by atoms with Gasteiger partial charge in [0.25, 0.3) is 0 Å². The highest BCUT2D eigenvalue weighted by Gasteiger charge is 2.22. The van der Waals surface area contributed by atoms with Gasteiger partial charge in [-0.2, -0.15) is 0 Å². The second-order valence-corrected chi connectivity index (χ2v) is 6.30. The average molecular weight is 355 g/mol. The van der Waals surface area contributed by atoms with Gasteiger partial charge in [-0.3, -0.25) is 0 Å². The quantitative estimate of drug-likeness (QED) is 0.763. The van der Waals surface area contributed by atoms with Crippen LogP contribution >= 0.6 is 23.2 Å². The van der Waals surface area contributed by atoms with Crippen LogP contribution in [0.4, 0.5) is 9.18 Å². The molecule has 0 spiro atoms. The van der Waals surface area contributed by atoms with Gasteiger partial charge in [0.05, 0.1) is 6.04 Å². The molecule has 0 aliphatic heterocycles. The number of aryl methyl sites for hydroxylation is 1. The van der Waals surface area contributed by atoms with Crippen LogP contribution in [0.3, 0.4) is 0 Å². The lowest BCUT2D eigenvalue weighted by Crippen LogP contribution is -2.39. The Bertz CT molecular complexity index is 665. The molecule has 122 valence electrons. The van der Waals surface area contributed by atoms with Crippen molar-refractivity contribution in [2.24, 2.45) is 0 Å². The number of rotatable bonds is 5. The summed E-state index contributed by atoms with van der Waals surface area (Å²) in [5.41, 5.74) is 1.99. The predicted octanol–water partition coefficient (Wildman–Crippen LogP) is 4.48. The minimum absolute atomic E-state index is 0.368. The molecule has 0 fully saturated rings. The van der Waals surface area contributed by atoms with Crippen molar-refractivity contribution in [3.05, 3.63) is 71.0 Å². The highest BCUT2D eigenvalue weighted by molar-refractivity contribution is 6.44. The van der Waals surface area contributed by atoms with Crippen molar-refractivity contribution < 1.29 is 9.18 Å². The van der Waals surface area contributed by atoms with Crippen molar-refractivity contribution in [2.45, 2.75) is 24.3 Å². The topological polar surface area (TPSA) is 41.1 Å². The molecule has 2 aromatic carbocycles. The van der Waals surface area contributed by atoms with Crippen molar-refractivity contribution in [1.82, 2.24) is 10.6 Å². The molecular weight excluding hydrogens is 338 g/mol. The van der Waals surface area contributed by atoms with E-state index in [1.54, 1.807) is 19.1 Å². The van der Waals surface area contributed by atoms with Crippen LogP contribution in [0.1, 0.15) is 22.7 Å². The van der Waals surface area contributed by atoms with Gasteiger partial charge in [0.2, 0.25) is 0 Å². The van der Waals surface area contributed by atoms with Gasteiger partial charge in [-0.25, -0.2) is 9.18 Å². The van der Waals surface area contributed by atoms with Gasteiger partial charge >= 0.3 is 6.03 Å². The number of benzene rings is 2. The summed E-state index contributed by atoms with van der Waals surface area (Å²) in [4.78, 5) is 11.1. The second-order valence-electron chi connectivity index (χ2n) is 5.13. The van der Waals surface area contributed by atoms with E-state index in [1.165, 1.54) is 6.07 Å². The highest BCUT2D eigenvalue weighted by atomic mass is 35.5. The van der Waals surface area contributed by atoms with E-state index in [0.717, 1.165) is 5.56 Å². The van der Waals surface area contributed by atoms with E-state index < -0.39 is 16.9 Å². The van der Waals surface area contributed by atoms with Crippen LogP contribution in [0.5, 0.6) is 0 Å². The fourth-order valence-electron chi connectivity index (χ4n) is 2.06. The molecule has 1 atom stereocenters. The molecule has 0 bridgehead atoms. The molecule has 0 unspecified atom stereocenters. The summed E-state index contributed by atoms with van der Waals surface area (Å²) < 4.78 is 13.7. The van der Waals surface area contributed by atoms with Gasteiger partial charge in [0.1, 0.15) is 10.7 Å². The molecule has 0 heterocycles. The molecule has 0 saturated carbocycles. The minimum atomic E-state index is -0.903.